The van der Waals surface area contributed by atoms with Crippen LogP contribution in [0, 0.1) is 11.3 Å². The molecule has 0 bridgehead atoms. The molecule has 10 nitrogen and oxygen atoms in total. The van der Waals surface area contributed by atoms with Gasteiger partial charge in [0.15, 0.2) is 0 Å². The molecule has 0 spiro atoms. The number of sulfonamides is 1. The largest absolute Gasteiger partial charge is 0.325 e. The number of rotatable bonds is 6. The highest BCUT2D eigenvalue weighted by molar-refractivity contribution is 7.92. The van der Waals surface area contributed by atoms with Crippen LogP contribution in [0.5, 0.6) is 0 Å². The van der Waals surface area contributed by atoms with Gasteiger partial charge in [0.1, 0.15) is 0 Å². The quantitative estimate of drug-likeness (QED) is 0.433. The molecule has 11 heteroatoms. The van der Waals surface area contributed by atoms with Gasteiger partial charge in [-0.05, 0) is 36.4 Å². The average molecular weight is 420 g/mol. The lowest BCUT2D eigenvalue weighted by Gasteiger charge is -2.13. The van der Waals surface area contributed by atoms with Crippen LogP contribution in [0.15, 0.2) is 60.9 Å². The molecule has 3 N–H and O–H groups in total. The summed E-state index contributed by atoms with van der Waals surface area (Å²) in [5.41, 5.74) is 2.14. The van der Waals surface area contributed by atoms with Gasteiger partial charge < -0.3 is 10.6 Å². The first-order valence-corrected chi connectivity index (χ1v) is 10.6. The van der Waals surface area contributed by atoms with E-state index in [1.165, 1.54) is 0 Å². The topological polar surface area (TPSA) is 137 Å². The zero-order valence-electron chi connectivity index (χ0n) is 15.7. The van der Waals surface area contributed by atoms with Crippen molar-refractivity contribution in [3.63, 3.8) is 0 Å². The van der Waals surface area contributed by atoms with Crippen molar-refractivity contribution in [1.29, 1.82) is 5.26 Å². The van der Waals surface area contributed by atoms with Crippen molar-refractivity contribution in [1.82, 2.24) is 19.4 Å². The fraction of sp³-hybridized carbons (Fsp3) is 0.0526. The summed E-state index contributed by atoms with van der Waals surface area (Å²) in [6, 6.07) is 15.8. The lowest BCUT2D eigenvalue weighted by molar-refractivity contribution is 0.607. The Bertz CT molecular complexity index is 1360. The second-order valence-electron chi connectivity index (χ2n) is 6.33. The second kappa shape index (κ2) is 7.69. The first-order chi connectivity index (χ1) is 14.4. The molecule has 0 aliphatic heterocycles. The van der Waals surface area contributed by atoms with Crippen LogP contribution in [-0.2, 0) is 10.0 Å². The summed E-state index contributed by atoms with van der Waals surface area (Å²) < 4.78 is 27.4. The first-order valence-electron chi connectivity index (χ1n) is 8.73. The van der Waals surface area contributed by atoms with Crippen molar-refractivity contribution in [2.45, 2.75) is 0 Å². The standard InChI is InChI=1S/C19H16N8O2S/c1-30(28,29)26-16-5-3-2-4-15(16)23-17-24-18-21-10-11-27(18)19(25-17)22-14-8-6-13(12-20)7-9-14/h2-11,26H,1H3,(H2,21,22,23,24,25). The number of para-hydroxylation sites is 2. The Morgan fingerprint density at radius 2 is 1.73 bits per heavy atom. The Kier molecular flexibility index (Phi) is 4.91. The molecule has 2 aromatic heterocycles. The van der Waals surface area contributed by atoms with E-state index in [1.54, 1.807) is 65.3 Å². The van der Waals surface area contributed by atoms with Crippen LogP contribution in [0.2, 0.25) is 0 Å². The maximum Gasteiger partial charge on any atom is 0.239 e. The number of nitriles is 1. The molecule has 0 aliphatic carbocycles. The van der Waals surface area contributed by atoms with Crippen LogP contribution in [0.4, 0.5) is 29.0 Å². The number of hydrogen-bond donors (Lipinski definition) is 3. The zero-order valence-corrected chi connectivity index (χ0v) is 16.6. The van der Waals surface area contributed by atoms with Gasteiger partial charge in [-0.25, -0.2) is 13.4 Å². The Labute approximate surface area is 172 Å². The SMILES string of the molecule is CS(=O)(=O)Nc1ccccc1Nc1nc(Nc2ccc(C#N)cc2)n2ccnc2n1. The first kappa shape index (κ1) is 19.2. The minimum Gasteiger partial charge on any atom is -0.325 e. The van der Waals surface area contributed by atoms with Crippen LogP contribution in [-0.4, -0.2) is 34.0 Å². The third-order valence-corrected chi connectivity index (χ3v) is 4.60. The molecule has 150 valence electrons. The van der Waals surface area contributed by atoms with E-state index < -0.39 is 10.0 Å². The molecule has 2 aromatic carbocycles. The summed E-state index contributed by atoms with van der Waals surface area (Å²) in [7, 11) is -3.45. The van der Waals surface area contributed by atoms with Crippen molar-refractivity contribution in [2.75, 3.05) is 21.6 Å². The zero-order chi connectivity index (χ0) is 21.1. The number of nitrogens with one attached hydrogen (secondary N) is 3. The molecule has 4 rings (SSSR count). The smallest absolute Gasteiger partial charge is 0.239 e. The minimum absolute atomic E-state index is 0.229. The molecule has 0 fully saturated rings. The molecule has 0 aliphatic rings. The highest BCUT2D eigenvalue weighted by atomic mass is 32.2. The molecule has 0 unspecified atom stereocenters. The van der Waals surface area contributed by atoms with Gasteiger partial charge in [-0.1, -0.05) is 12.1 Å². The normalized spacial score (nSPS) is 11.1. The summed E-state index contributed by atoms with van der Waals surface area (Å²) in [5, 5.41) is 15.2. The molecule has 0 radical (unpaired) electrons. The maximum absolute atomic E-state index is 11.6. The van der Waals surface area contributed by atoms with Crippen molar-refractivity contribution in [3.05, 3.63) is 66.5 Å². The van der Waals surface area contributed by atoms with Crippen LogP contribution < -0.4 is 15.4 Å². The summed E-state index contributed by atoms with van der Waals surface area (Å²) in [6.07, 6.45) is 4.39. The van der Waals surface area contributed by atoms with E-state index in [4.69, 9.17) is 5.26 Å². The van der Waals surface area contributed by atoms with E-state index in [0.717, 1.165) is 11.9 Å². The molecule has 30 heavy (non-hydrogen) atoms. The Balaban J connectivity index is 1.69. The van der Waals surface area contributed by atoms with Gasteiger partial charge in [0.05, 0.1) is 29.3 Å². The van der Waals surface area contributed by atoms with Gasteiger partial charge >= 0.3 is 0 Å². The van der Waals surface area contributed by atoms with E-state index in [9.17, 15) is 8.42 Å². The number of benzene rings is 2. The average Bonchev–Trinajstić information content (AvgIpc) is 3.18. The van der Waals surface area contributed by atoms with Crippen LogP contribution in [0.1, 0.15) is 5.56 Å². The summed E-state index contributed by atoms with van der Waals surface area (Å²) in [6.45, 7) is 0. The van der Waals surface area contributed by atoms with Crippen molar-refractivity contribution >= 4 is 44.8 Å². The third kappa shape index (κ3) is 4.29. The predicted molar refractivity (Wildman–Crippen MR) is 113 cm³/mol. The molecule has 0 saturated heterocycles. The lowest BCUT2D eigenvalue weighted by atomic mass is 10.2. The van der Waals surface area contributed by atoms with Gasteiger partial charge in [0, 0.05) is 18.1 Å². The molecule has 0 amide bonds. The molecular formula is C19H16N8O2S. The minimum atomic E-state index is -3.45. The Morgan fingerprint density at radius 3 is 2.43 bits per heavy atom. The Morgan fingerprint density at radius 1 is 1.00 bits per heavy atom. The summed E-state index contributed by atoms with van der Waals surface area (Å²) >= 11 is 0. The molecule has 4 aromatic rings. The van der Waals surface area contributed by atoms with E-state index in [2.05, 4.69) is 36.4 Å². The predicted octanol–water partition coefficient (Wildman–Crippen LogP) is 2.85. The van der Waals surface area contributed by atoms with Crippen molar-refractivity contribution in [3.8, 4) is 6.07 Å². The maximum atomic E-state index is 11.6. The highest BCUT2D eigenvalue weighted by Gasteiger charge is 2.12. The van der Waals surface area contributed by atoms with Crippen molar-refractivity contribution in [2.24, 2.45) is 0 Å². The van der Waals surface area contributed by atoms with E-state index in [0.29, 0.717) is 28.7 Å². The van der Waals surface area contributed by atoms with Crippen LogP contribution in [0.3, 0.4) is 0 Å². The fourth-order valence-electron chi connectivity index (χ4n) is 2.72. The number of aromatic nitrogens is 4. The highest BCUT2D eigenvalue weighted by Crippen LogP contribution is 2.26. The van der Waals surface area contributed by atoms with Gasteiger partial charge in [-0.15, -0.1) is 0 Å². The van der Waals surface area contributed by atoms with Gasteiger partial charge in [-0.2, -0.15) is 15.2 Å². The van der Waals surface area contributed by atoms with Gasteiger partial charge in [0.25, 0.3) is 0 Å². The van der Waals surface area contributed by atoms with Crippen LogP contribution >= 0.6 is 0 Å². The van der Waals surface area contributed by atoms with E-state index in [-0.39, 0.29) is 5.95 Å². The monoisotopic (exact) mass is 420 g/mol. The van der Waals surface area contributed by atoms with Crippen LogP contribution in [0.25, 0.3) is 5.78 Å². The number of nitrogens with zero attached hydrogens (tertiary/aromatic N) is 5. The second-order valence-corrected chi connectivity index (χ2v) is 8.08. The number of hydrogen-bond acceptors (Lipinski definition) is 8. The molecule has 0 atom stereocenters. The molecule has 0 saturated carbocycles. The summed E-state index contributed by atoms with van der Waals surface area (Å²) in [4.78, 5) is 13.1. The van der Waals surface area contributed by atoms with E-state index in [1.807, 2.05) is 0 Å². The summed E-state index contributed by atoms with van der Waals surface area (Å²) in [5.74, 6) is 1.07. The number of anilines is 5. The fourth-order valence-corrected chi connectivity index (χ4v) is 3.30. The van der Waals surface area contributed by atoms with Gasteiger partial charge in [0.2, 0.25) is 27.7 Å². The molecular weight excluding hydrogens is 404 g/mol. The molecule has 2 heterocycles. The van der Waals surface area contributed by atoms with E-state index >= 15 is 0 Å². The van der Waals surface area contributed by atoms with Crippen molar-refractivity contribution < 1.29 is 8.42 Å². The number of imidazole rings is 1. The third-order valence-electron chi connectivity index (χ3n) is 4.01. The lowest BCUT2D eigenvalue weighted by Crippen LogP contribution is -2.12. The number of fused-ring (bicyclic) bond motifs is 1. The van der Waals surface area contributed by atoms with Gasteiger partial charge in [-0.3, -0.25) is 9.12 Å². The Hall–Kier alpha value is -4.17.